The monoisotopic (exact) mass is 513 g/mol. The van der Waals surface area contributed by atoms with E-state index in [4.69, 9.17) is 0 Å². The number of amides is 1. The Kier molecular flexibility index (Phi) is 8.68. The van der Waals surface area contributed by atoms with Crippen LogP contribution < -0.4 is 10.6 Å². The molecule has 1 aliphatic heterocycles. The molecular formula is C20H28IN5OS. The summed E-state index contributed by atoms with van der Waals surface area (Å²) in [5.41, 5.74) is 3.43. The van der Waals surface area contributed by atoms with Crippen molar-refractivity contribution in [3.05, 3.63) is 51.0 Å². The number of carbonyl (C=O) groups excluding carboxylic acids is 1. The number of aliphatic imine (C=N–C) groups is 1. The molecule has 1 fully saturated rings. The van der Waals surface area contributed by atoms with Crippen LogP contribution in [0.15, 0.2) is 29.3 Å². The van der Waals surface area contributed by atoms with E-state index < -0.39 is 0 Å². The first-order chi connectivity index (χ1) is 13.0. The zero-order valence-corrected chi connectivity index (χ0v) is 19.8. The minimum atomic E-state index is 0. The SMILES string of the molecule is CN=C(NCc1ccc(CN2CCCC2=O)cc1)NCc1sc(C)nc1C.I. The summed E-state index contributed by atoms with van der Waals surface area (Å²) in [4.78, 5) is 23.6. The number of hydrogen-bond donors (Lipinski definition) is 2. The van der Waals surface area contributed by atoms with Gasteiger partial charge in [-0.25, -0.2) is 4.98 Å². The van der Waals surface area contributed by atoms with Crippen molar-refractivity contribution >= 4 is 47.2 Å². The van der Waals surface area contributed by atoms with E-state index in [0.29, 0.717) is 19.5 Å². The Balaban J connectivity index is 0.00000280. The van der Waals surface area contributed by atoms with Crippen LogP contribution in [0.25, 0.3) is 0 Å². The molecule has 0 unspecified atom stereocenters. The third-order valence-corrected chi connectivity index (χ3v) is 5.74. The molecule has 2 aromatic rings. The van der Waals surface area contributed by atoms with E-state index in [1.165, 1.54) is 16.0 Å². The molecule has 0 bridgehead atoms. The lowest BCUT2D eigenvalue weighted by atomic mass is 10.1. The van der Waals surface area contributed by atoms with Gasteiger partial charge in [0, 0.05) is 38.0 Å². The minimum absolute atomic E-state index is 0. The van der Waals surface area contributed by atoms with Crippen LogP contribution in [0.3, 0.4) is 0 Å². The number of hydrogen-bond acceptors (Lipinski definition) is 4. The first-order valence-electron chi connectivity index (χ1n) is 9.28. The lowest BCUT2D eigenvalue weighted by molar-refractivity contribution is -0.128. The summed E-state index contributed by atoms with van der Waals surface area (Å²) in [6, 6.07) is 8.41. The fourth-order valence-corrected chi connectivity index (χ4v) is 4.04. The van der Waals surface area contributed by atoms with Crippen molar-refractivity contribution in [2.75, 3.05) is 13.6 Å². The maximum atomic E-state index is 11.7. The summed E-state index contributed by atoms with van der Waals surface area (Å²) < 4.78 is 0. The maximum Gasteiger partial charge on any atom is 0.222 e. The third kappa shape index (κ3) is 6.16. The molecule has 0 atom stereocenters. The lowest BCUT2D eigenvalue weighted by Crippen LogP contribution is -2.36. The van der Waals surface area contributed by atoms with E-state index >= 15 is 0 Å². The number of thiazole rings is 1. The normalized spacial score (nSPS) is 14.2. The number of rotatable bonds is 6. The highest BCUT2D eigenvalue weighted by molar-refractivity contribution is 14.0. The van der Waals surface area contributed by atoms with Gasteiger partial charge in [0.15, 0.2) is 5.96 Å². The number of benzene rings is 1. The Bertz CT molecular complexity index is 819. The molecule has 8 heteroatoms. The third-order valence-electron chi connectivity index (χ3n) is 4.67. The van der Waals surface area contributed by atoms with Gasteiger partial charge in [0.05, 0.1) is 17.2 Å². The van der Waals surface area contributed by atoms with Gasteiger partial charge in [-0.2, -0.15) is 0 Å². The summed E-state index contributed by atoms with van der Waals surface area (Å²) >= 11 is 1.71. The predicted molar refractivity (Wildman–Crippen MR) is 125 cm³/mol. The standard InChI is InChI=1S/C20H27N5OS.HI/c1-14-18(27-15(2)24-14)12-23-20(21-3)22-11-16-6-8-17(9-7-16)13-25-10-4-5-19(25)26;/h6-9H,4-5,10-13H2,1-3H3,(H2,21,22,23);1H. The summed E-state index contributed by atoms with van der Waals surface area (Å²) in [7, 11) is 1.77. The Hall–Kier alpha value is -1.68. The fourth-order valence-electron chi connectivity index (χ4n) is 3.16. The molecule has 1 aromatic heterocycles. The molecular weight excluding hydrogens is 485 g/mol. The Morgan fingerprint density at radius 3 is 2.43 bits per heavy atom. The molecule has 152 valence electrons. The van der Waals surface area contributed by atoms with Gasteiger partial charge in [0.1, 0.15) is 0 Å². The van der Waals surface area contributed by atoms with E-state index in [0.717, 1.165) is 36.2 Å². The Morgan fingerprint density at radius 1 is 1.18 bits per heavy atom. The molecule has 6 nitrogen and oxygen atoms in total. The smallest absolute Gasteiger partial charge is 0.222 e. The average molecular weight is 513 g/mol. The molecule has 0 aliphatic carbocycles. The van der Waals surface area contributed by atoms with E-state index in [2.05, 4.69) is 44.9 Å². The van der Waals surface area contributed by atoms with Gasteiger partial charge < -0.3 is 15.5 Å². The number of nitrogens with zero attached hydrogens (tertiary/aromatic N) is 3. The first-order valence-corrected chi connectivity index (χ1v) is 10.1. The second-order valence-corrected chi connectivity index (χ2v) is 8.04. The average Bonchev–Trinajstić information content (AvgIpc) is 3.21. The van der Waals surface area contributed by atoms with Crippen LogP contribution in [0.2, 0.25) is 0 Å². The molecule has 0 spiro atoms. The molecule has 1 aromatic carbocycles. The molecule has 0 saturated carbocycles. The number of guanidine groups is 1. The first kappa shape index (κ1) is 22.6. The maximum absolute atomic E-state index is 11.7. The summed E-state index contributed by atoms with van der Waals surface area (Å²) in [6.45, 7) is 7.07. The topological polar surface area (TPSA) is 69.6 Å². The van der Waals surface area contributed by atoms with E-state index in [-0.39, 0.29) is 29.9 Å². The molecule has 28 heavy (non-hydrogen) atoms. The van der Waals surface area contributed by atoms with E-state index in [9.17, 15) is 4.79 Å². The number of nitrogens with one attached hydrogen (secondary N) is 2. The zero-order chi connectivity index (χ0) is 19.2. The van der Waals surface area contributed by atoms with Gasteiger partial charge in [-0.1, -0.05) is 24.3 Å². The van der Waals surface area contributed by atoms with Crippen molar-refractivity contribution in [2.45, 2.75) is 46.3 Å². The second-order valence-electron chi connectivity index (χ2n) is 6.76. The minimum Gasteiger partial charge on any atom is -0.352 e. The molecule has 0 radical (unpaired) electrons. The van der Waals surface area contributed by atoms with Crippen molar-refractivity contribution in [1.29, 1.82) is 0 Å². The molecule has 1 aliphatic rings. The molecule has 2 N–H and O–H groups in total. The van der Waals surface area contributed by atoms with Crippen LogP contribution >= 0.6 is 35.3 Å². The molecule has 1 saturated heterocycles. The Morgan fingerprint density at radius 2 is 1.86 bits per heavy atom. The fraction of sp³-hybridized carbons (Fsp3) is 0.450. The summed E-state index contributed by atoms with van der Waals surface area (Å²) in [5.74, 6) is 1.04. The van der Waals surface area contributed by atoms with Crippen molar-refractivity contribution in [2.24, 2.45) is 4.99 Å². The van der Waals surface area contributed by atoms with Crippen molar-refractivity contribution < 1.29 is 4.79 Å². The van der Waals surface area contributed by atoms with E-state index in [1.54, 1.807) is 18.4 Å². The van der Waals surface area contributed by atoms with Crippen molar-refractivity contribution in [3.8, 4) is 0 Å². The Labute approximate surface area is 187 Å². The second kappa shape index (κ2) is 10.8. The number of aryl methyl sites for hydroxylation is 2. The van der Waals surface area contributed by atoms with Crippen LogP contribution in [0.4, 0.5) is 0 Å². The highest BCUT2D eigenvalue weighted by atomic mass is 127. The van der Waals surface area contributed by atoms with Crippen LogP contribution in [-0.4, -0.2) is 35.3 Å². The largest absolute Gasteiger partial charge is 0.352 e. The van der Waals surface area contributed by atoms with Crippen LogP contribution in [0, 0.1) is 13.8 Å². The van der Waals surface area contributed by atoms with E-state index in [1.807, 2.05) is 18.7 Å². The van der Waals surface area contributed by atoms with Gasteiger partial charge in [-0.15, -0.1) is 35.3 Å². The van der Waals surface area contributed by atoms with Gasteiger partial charge in [0.25, 0.3) is 0 Å². The van der Waals surface area contributed by atoms with Gasteiger partial charge in [-0.05, 0) is 31.4 Å². The van der Waals surface area contributed by atoms with Crippen molar-refractivity contribution in [3.63, 3.8) is 0 Å². The van der Waals surface area contributed by atoms with Gasteiger partial charge in [0.2, 0.25) is 5.91 Å². The number of carbonyl (C=O) groups is 1. The summed E-state index contributed by atoms with van der Waals surface area (Å²) in [5, 5.41) is 7.77. The van der Waals surface area contributed by atoms with Crippen molar-refractivity contribution in [1.82, 2.24) is 20.5 Å². The summed E-state index contributed by atoms with van der Waals surface area (Å²) in [6.07, 6.45) is 1.67. The highest BCUT2D eigenvalue weighted by Crippen LogP contribution is 2.17. The van der Waals surface area contributed by atoms with Gasteiger partial charge >= 0.3 is 0 Å². The highest BCUT2D eigenvalue weighted by Gasteiger charge is 2.19. The quantitative estimate of drug-likeness (QED) is 0.353. The number of aromatic nitrogens is 1. The number of likely N-dealkylation sites (tertiary alicyclic amines) is 1. The molecule has 1 amide bonds. The van der Waals surface area contributed by atoms with Crippen LogP contribution in [0.5, 0.6) is 0 Å². The predicted octanol–water partition coefficient (Wildman–Crippen LogP) is 3.37. The molecule has 2 heterocycles. The number of halogens is 1. The van der Waals surface area contributed by atoms with Crippen LogP contribution in [-0.2, 0) is 24.4 Å². The van der Waals surface area contributed by atoms with Crippen LogP contribution in [0.1, 0.15) is 39.5 Å². The lowest BCUT2D eigenvalue weighted by Gasteiger charge is -2.16. The zero-order valence-electron chi connectivity index (χ0n) is 16.6. The molecule has 3 rings (SSSR count). The van der Waals surface area contributed by atoms with Gasteiger partial charge in [-0.3, -0.25) is 9.79 Å².